The zero-order valence-corrected chi connectivity index (χ0v) is 47.9. The molecule has 0 bridgehead atoms. The third-order valence-corrected chi connectivity index (χ3v) is 13.5. The Bertz CT molecular complexity index is 2310. The quantitative estimate of drug-likeness (QED) is 0.0357. The number of rotatable bonds is 32. The predicted molar refractivity (Wildman–Crippen MR) is 290 cm³/mol. The average Bonchev–Trinajstić information content (AvgIpc) is 3.85. The number of hydrogen-bond donors (Lipinski definition) is 7. The van der Waals surface area contributed by atoms with E-state index in [1.54, 1.807) is 30.3 Å². The number of nitrogens with one attached hydrogen (secondary N) is 7. The van der Waals surface area contributed by atoms with Gasteiger partial charge in [0.25, 0.3) is 5.91 Å². The Morgan fingerprint density at radius 3 is 1.82 bits per heavy atom. The second kappa shape index (κ2) is 32.9. The zero-order valence-electron chi connectivity index (χ0n) is 47.1. The Labute approximate surface area is 452 Å². The van der Waals surface area contributed by atoms with Crippen LogP contribution in [-0.2, 0) is 54.3 Å². The van der Waals surface area contributed by atoms with Crippen LogP contribution in [0.15, 0.2) is 23.6 Å². The minimum Gasteiger partial charge on any atom is -0.455 e. The van der Waals surface area contributed by atoms with Gasteiger partial charge in [-0.25, -0.2) is 9.78 Å². The van der Waals surface area contributed by atoms with Crippen LogP contribution < -0.4 is 42.0 Å². The topological polar surface area (TPSA) is 289 Å². The predicted octanol–water partition coefficient (Wildman–Crippen LogP) is 5.41. The summed E-state index contributed by atoms with van der Waals surface area (Å²) in [5, 5.41) is 20.8. The van der Waals surface area contributed by atoms with E-state index in [4.69, 9.17) is 9.47 Å². The van der Waals surface area contributed by atoms with Crippen LogP contribution in [0.5, 0.6) is 5.75 Å². The summed E-state index contributed by atoms with van der Waals surface area (Å²) in [6.45, 7) is 22.8. The molecular formula is C54H85N9O12S. The molecule has 0 saturated heterocycles. The Kier molecular flexibility index (Phi) is 28.4. The van der Waals surface area contributed by atoms with Crippen molar-refractivity contribution >= 4 is 76.2 Å². The molecule has 0 saturated carbocycles. The van der Waals surface area contributed by atoms with E-state index in [-0.39, 0.29) is 90.7 Å². The van der Waals surface area contributed by atoms with Gasteiger partial charge in [0.05, 0.1) is 5.69 Å². The number of thiazole rings is 1. The van der Waals surface area contributed by atoms with Gasteiger partial charge >= 0.3 is 11.9 Å². The summed E-state index contributed by atoms with van der Waals surface area (Å²) in [7, 11) is 1.74. The molecular weight excluding hydrogens is 999 g/mol. The molecule has 6 unspecified atom stereocenters. The normalized spacial score (nSPS) is 14.7. The van der Waals surface area contributed by atoms with E-state index in [0.717, 1.165) is 17.8 Å². The maximum Gasteiger partial charge on any atom is 0.333 e. The van der Waals surface area contributed by atoms with Gasteiger partial charge in [-0.2, -0.15) is 0 Å². The smallest absolute Gasteiger partial charge is 0.333 e. The SMILES string of the molecule is CCCNC(=O)C(C)C[C@H](Cc1ccc(OC(=O)C(C)NC(=O)C(C)NC(=O)CCC)c(NC(=O)C(C)NC(=O)C(C)NC(=O)CCC)c1)NC(=O)c1csc([C@@H](CC(C(C)C)N(C)C(=O)C[C@@H](C)CC)OC(C)=O)n1. The molecule has 2 aromatic rings. The van der Waals surface area contributed by atoms with Crippen LogP contribution in [0.4, 0.5) is 5.69 Å². The summed E-state index contributed by atoms with van der Waals surface area (Å²) in [5.74, 6) is -5.55. The first-order valence-corrected chi connectivity index (χ1v) is 27.4. The Balaban J connectivity index is 2.58. The Morgan fingerprint density at radius 2 is 1.28 bits per heavy atom. The molecule has 9 atom stereocenters. The van der Waals surface area contributed by atoms with E-state index < -0.39 is 77.8 Å². The second-order valence-electron chi connectivity index (χ2n) is 20.0. The summed E-state index contributed by atoms with van der Waals surface area (Å²) in [4.78, 5) is 137. The highest BCUT2D eigenvalue weighted by Gasteiger charge is 2.32. The van der Waals surface area contributed by atoms with Gasteiger partial charge in [0.2, 0.25) is 41.4 Å². The minimum atomic E-state index is -1.22. The molecule has 0 fully saturated rings. The summed E-state index contributed by atoms with van der Waals surface area (Å²) in [6, 6.07) is -0.848. The highest BCUT2D eigenvalue weighted by molar-refractivity contribution is 7.09. The van der Waals surface area contributed by atoms with Gasteiger partial charge in [-0.3, -0.25) is 43.2 Å². The van der Waals surface area contributed by atoms with Crippen LogP contribution in [0.1, 0.15) is 175 Å². The van der Waals surface area contributed by atoms with Crippen molar-refractivity contribution in [3.63, 3.8) is 0 Å². The van der Waals surface area contributed by atoms with Gasteiger partial charge in [0.1, 0.15) is 34.9 Å². The summed E-state index contributed by atoms with van der Waals surface area (Å²) >= 11 is 1.13. The number of aromatic nitrogens is 1. The number of nitrogens with zero attached hydrogens (tertiary/aromatic N) is 2. The van der Waals surface area contributed by atoms with E-state index in [9.17, 15) is 47.9 Å². The fourth-order valence-electron chi connectivity index (χ4n) is 7.84. The summed E-state index contributed by atoms with van der Waals surface area (Å²) in [5.41, 5.74) is 0.507. The highest BCUT2D eigenvalue weighted by Crippen LogP contribution is 2.32. The van der Waals surface area contributed by atoms with Crippen molar-refractivity contribution in [2.75, 3.05) is 18.9 Å². The van der Waals surface area contributed by atoms with Crippen LogP contribution >= 0.6 is 11.3 Å². The largest absolute Gasteiger partial charge is 0.455 e. The molecule has 21 nitrogen and oxygen atoms in total. The number of ether oxygens (including phenoxy) is 2. The van der Waals surface area contributed by atoms with E-state index >= 15 is 0 Å². The van der Waals surface area contributed by atoms with Crippen molar-refractivity contribution in [1.29, 1.82) is 0 Å². The lowest BCUT2D eigenvalue weighted by molar-refractivity contribution is -0.148. The van der Waals surface area contributed by atoms with Crippen LogP contribution in [0.2, 0.25) is 0 Å². The first-order valence-electron chi connectivity index (χ1n) is 26.6. The van der Waals surface area contributed by atoms with Gasteiger partial charge in [-0.05, 0) is 89.3 Å². The van der Waals surface area contributed by atoms with E-state index in [1.807, 2.05) is 48.5 Å². The first kappa shape index (κ1) is 65.7. The molecule has 1 aromatic heterocycles. The lowest BCUT2D eigenvalue weighted by Crippen LogP contribution is -2.50. The van der Waals surface area contributed by atoms with Gasteiger partial charge in [-0.1, -0.05) is 67.9 Å². The second-order valence-corrected chi connectivity index (χ2v) is 20.9. The van der Waals surface area contributed by atoms with Crippen molar-refractivity contribution in [3.8, 4) is 5.75 Å². The average molecular weight is 1080 g/mol. The fraction of sp³-hybridized carbons (Fsp3) is 0.648. The molecule has 0 aliphatic heterocycles. The lowest BCUT2D eigenvalue weighted by Gasteiger charge is -2.34. The summed E-state index contributed by atoms with van der Waals surface area (Å²) in [6.07, 6.45) is 3.06. The monoisotopic (exact) mass is 1080 g/mol. The third-order valence-electron chi connectivity index (χ3n) is 12.6. The first-order chi connectivity index (χ1) is 35.7. The molecule has 1 heterocycles. The van der Waals surface area contributed by atoms with Crippen LogP contribution in [0, 0.1) is 17.8 Å². The van der Waals surface area contributed by atoms with E-state index in [2.05, 4.69) is 42.2 Å². The number of carbonyl (C=O) groups excluding carboxylic acids is 10. The minimum absolute atomic E-state index is 0.0143. The van der Waals surface area contributed by atoms with E-state index in [1.165, 1.54) is 46.8 Å². The Morgan fingerprint density at radius 1 is 0.697 bits per heavy atom. The maximum absolute atomic E-state index is 14.2. The van der Waals surface area contributed by atoms with Crippen molar-refractivity contribution in [2.45, 2.75) is 197 Å². The van der Waals surface area contributed by atoms with Crippen LogP contribution in [0.3, 0.4) is 0 Å². The highest BCUT2D eigenvalue weighted by atomic mass is 32.1. The zero-order chi connectivity index (χ0) is 57.4. The number of benzene rings is 1. The third kappa shape index (κ3) is 22.4. The molecule has 0 aliphatic rings. The molecule has 22 heteroatoms. The molecule has 0 spiro atoms. The lowest BCUT2D eigenvalue weighted by atomic mass is 9.94. The Hall–Kier alpha value is -6.45. The molecule has 2 rings (SSSR count). The molecule has 7 N–H and O–H groups in total. The van der Waals surface area contributed by atoms with E-state index in [0.29, 0.717) is 42.8 Å². The number of amides is 8. The van der Waals surface area contributed by atoms with Crippen molar-refractivity contribution in [2.24, 2.45) is 17.8 Å². The number of carbonyl (C=O) groups is 10. The molecule has 0 aliphatic carbocycles. The molecule has 76 heavy (non-hydrogen) atoms. The van der Waals surface area contributed by atoms with Crippen LogP contribution in [0.25, 0.3) is 0 Å². The number of esters is 2. The van der Waals surface area contributed by atoms with Crippen molar-refractivity contribution in [1.82, 2.24) is 41.8 Å². The van der Waals surface area contributed by atoms with Crippen molar-refractivity contribution in [3.05, 3.63) is 39.8 Å². The van der Waals surface area contributed by atoms with Gasteiger partial charge in [0.15, 0.2) is 11.9 Å². The molecule has 8 amide bonds. The number of hydrogen-bond acceptors (Lipinski definition) is 14. The molecule has 424 valence electrons. The fourth-order valence-corrected chi connectivity index (χ4v) is 8.68. The maximum atomic E-state index is 14.2. The number of anilines is 1. The van der Waals surface area contributed by atoms with Gasteiger partial charge in [0, 0.05) is 69.6 Å². The standard InChI is InChI=1S/C54H85N9O12S/c1-15-19-45(65)56-33(9)49(69)58-35(11)51(71)61-40-27-38(21-22-43(40)75-54(73)36(12)59-50(70)34(10)57-46(66)20-16-2)26-39(25-32(8)48(68)55-23-17-3)60-52(72)41-29-76-53(62-41)44(74-37(13)64)28-42(30(5)6)63(14)47(67)24-31(7)18-4/h21-22,27,29-36,39,42,44H,15-20,23-26,28H2,1-14H3,(H,55,68)(H,56,65)(H,57,66)(H,58,69)(H,59,70)(H,60,72)(H,61,71)/t31-,32?,33?,34?,35?,36?,39+,42?,44+/m0/s1. The van der Waals surface area contributed by atoms with Crippen LogP contribution in [-0.4, -0.2) is 119 Å². The summed E-state index contributed by atoms with van der Waals surface area (Å²) < 4.78 is 11.5. The molecule has 1 aromatic carbocycles. The molecule has 0 radical (unpaired) electrons. The van der Waals surface area contributed by atoms with Gasteiger partial charge < -0.3 is 51.6 Å². The van der Waals surface area contributed by atoms with Gasteiger partial charge in [-0.15, -0.1) is 11.3 Å². The van der Waals surface area contributed by atoms with Crippen molar-refractivity contribution < 1.29 is 57.4 Å².